The number of ether oxygens (including phenoxy) is 1. The van der Waals surface area contributed by atoms with E-state index < -0.39 is 12.9 Å². The van der Waals surface area contributed by atoms with Gasteiger partial charge in [-0.15, -0.1) is 0 Å². The van der Waals surface area contributed by atoms with Gasteiger partial charge in [-0.25, -0.2) is 0 Å². The summed E-state index contributed by atoms with van der Waals surface area (Å²) >= 11 is 0. The number of allylic oxidation sites excluding steroid dienone is 1. The Hall–Kier alpha value is -4.01. The molecule has 9 nitrogen and oxygen atoms in total. The molecule has 0 saturated carbocycles. The fourth-order valence-corrected chi connectivity index (χ4v) is 6.43. The van der Waals surface area contributed by atoms with Gasteiger partial charge in [0, 0.05) is 11.4 Å². The van der Waals surface area contributed by atoms with E-state index in [0.717, 1.165) is 40.1 Å². The Morgan fingerprint density at radius 1 is 1.05 bits per heavy atom. The zero-order valence-electron chi connectivity index (χ0n) is 25.5. The number of nitrogens with zero attached hydrogens (tertiary/aromatic N) is 2. The molecule has 0 atom stereocenters. The van der Waals surface area contributed by atoms with E-state index in [9.17, 15) is 19.5 Å². The summed E-state index contributed by atoms with van der Waals surface area (Å²) in [6, 6.07) is 16.8. The zero-order valence-corrected chi connectivity index (χ0v) is 26.4. The van der Waals surface area contributed by atoms with Gasteiger partial charge >= 0.3 is 202 Å². The first kappa shape index (κ1) is 30.4. The number of hydrogen-bond acceptors (Lipinski definition) is 7. The number of aromatic nitrogens is 2. The number of rotatable bonds is 8. The Labute approximate surface area is 251 Å². The van der Waals surface area contributed by atoms with Crippen LogP contribution < -0.4 is 4.52 Å². The minimum Gasteiger partial charge on any atom is -0.359 e. The third kappa shape index (κ3) is 6.36. The first-order chi connectivity index (χ1) is 20.0. The Morgan fingerprint density at radius 2 is 1.77 bits per heavy atom. The van der Waals surface area contributed by atoms with E-state index in [1.165, 1.54) is 0 Å². The van der Waals surface area contributed by atoms with Crippen LogP contribution >= 0.6 is 7.51 Å². The Morgan fingerprint density at radius 3 is 2.42 bits per heavy atom. The molecule has 4 N–H and O–H groups in total. The summed E-state index contributed by atoms with van der Waals surface area (Å²) in [5.74, 6) is 0.510. The molecule has 0 unspecified atom stereocenters. The first-order valence-electron chi connectivity index (χ1n) is 14.0. The molecule has 0 bridgehead atoms. The van der Waals surface area contributed by atoms with Crippen LogP contribution in [0.1, 0.15) is 58.8 Å². The molecule has 226 valence electrons. The Bertz CT molecular complexity index is 1840. The van der Waals surface area contributed by atoms with Crippen molar-refractivity contribution < 1.29 is 28.7 Å². The van der Waals surface area contributed by atoms with Crippen molar-refractivity contribution >= 4 is 36.1 Å². The first-order valence-corrected chi connectivity index (χ1v) is 16.4. The van der Waals surface area contributed by atoms with Crippen LogP contribution in [0, 0.1) is 20.8 Å². The monoisotopic (exact) mass is 603 g/mol. The Kier molecular flexibility index (Phi) is 7.51. The van der Waals surface area contributed by atoms with Crippen molar-refractivity contribution in [1.82, 2.24) is 9.55 Å². The van der Waals surface area contributed by atoms with Gasteiger partial charge in [0.2, 0.25) is 0 Å². The molecule has 2 aromatic carbocycles. The minimum absolute atomic E-state index is 0.0413. The summed E-state index contributed by atoms with van der Waals surface area (Å²) in [4.78, 5) is 52.9. The summed E-state index contributed by atoms with van der Waals surface area (Å²) in [5.41, 5.74) is 6.22. The number of aromatic amines is 1. The number of carbonyl (C=O) groups excluding carboxylic acids is 1. The quantitative estimate of drug-likeness (QED) is 0.171. The fourth-order valence-electron chi connectivity index (χ4n) is 5.82. The van der Waals surface area contributed by atoms with E-state index in [-0.39, 0.29) is 18.1 Å². The van der Waals surface area contributed by atoms with E-state index in [1.807, 2.05) is 83.2 Å². The number of aliphatic imine (C=N–C) groups is 1. The van der Waals surface area contributed by atoms with Crippen LogP contribution in [0.5, 0.6) is 5.75 Å². The Balaban J connectivity index is 1.58. The molecule has 0 aliphatic carbocycles. The smallest absolute Gasteiger partial charge is 0.359 e. The van der Waals surface area contributed by atoms with Gasteiger partial charge in [-0.05, 0) is 25.5 Å². The number of methoxy groups -OCH3 is 1. The zero-order chi connectivity index (χ0) is 31.3. The van der Waals surface area contributed by atoms with Crippen molar-refractivity contribution in [3.8, 4) is 5.75 Å². The van der Waals surface area contributed by atoms with Crippen molar-refractivity contribution in [3.05, 3.63) is 106 Å². The van der Waals surface area contributed by atoms with Crippen molar-refractivity contribution in [2.45, 2.75) is 46.5 Å². The second-order valence-corrected chi connectivity index (χ2v) is 14.8. The topological polar surface area (TPSA) is 129 Å². The van der Waals surface area contributed by atoms with Crippen LogP contribution in [0.15, 0.2) is 77.1 Å². The molecule has 2 aromatic heterocycles. The molecule has 0 amide bonds. The average molecular weight is 604 g/mol. The number of benzene rings is 2. The second-order valence-electron chi connectivity index (χ2n) is 12.0. The summed E-state index contributed by atoms with van der Waals surface area (Å²) < 4.78 is 12.7. The maximum atomic E-state index is 14.3. The number of hydrogen-bond donors (Lipinski definition) is 4. The average Bonchev–Trinajstić information content (AvgIpc) is 3.56. The van der Waals surface area contributed by atoms with Crippen LogP contribution in [0.3, 0.4) is 0 Å². The molecule has 1 aliphatic heterocycles. The number of fused-ring (bicyclic) bond motifs is 1. The molecule has 4 aromatic rings. The van der Waals surface area contributed by atoms with Gasteiger partial charge in [0.05, 0.1) is 7.11 Å². The molecule has 0 fully saturated rings. The van der Waals surface area contributed by atoms with E-state index >= 15 is 0 Å². The third-order valence-corrected chi connectivity index (χ3v) is 8.12. The fraction of sp³-hybridized carbons (Fsp3) is 0.273. The van der Waals surface area contributed by atoms with Crippen LogP contribution in [0.25, 0.3) is 17.0 Å². The molecular formula is C33H38N3O6P. The van der Waals surface area contributed by atoms with Crippen LogP contribution in [-0.4, -0.2) is 49.6 Å². The van der Waals surface area contributed by atoms with Crippen molar-refractivity contribution in [3.63, 3.8) is 0 Å². The van der Waals surface area contributed by atoms with Gasteiger partial charge in [0.25, 0.3) is 0 Å². The van der Waals surface area contributed by atoms with Crippen molar-refractivity contribution in [2.24, 2.45) is 4.99 Å². The van der Waals surface area contributed by atoms with Crippen molar-refractivity contribution in [1.29, 1.82) is 0 Å². The molecule has 43 heavy (non-hydrogen) atoms. The predicted octanol–water partition coefficient (Wildman–Crippen LogP) is 6.48. The molecule has 3 heterocycles. The number of nitrogens with one attached hydrogen (secondary N) is 1. The van der Waals surface area contributed by atoms with Crippen LogP contribution in [0.4, 0.5) is 0 Å². The van der Waals surface area contributed by atoms with Crippen LogP contribution in [0.2, 0.25) is 0 Å². The van der Waals surface area contributed by atoms with E-state index in [2.05, 4.69) is 11.1 Å². The van der Waals surface area contributed by atoms with E-state index in [4.69, 9.17) is 14.3 Å². The molecule has 10 heteroatoms. The SMILES string of the molecule is COC1=CC(c2cc3ccccc3n2C(=O)CC(C)(C)c2c(C)cccc2OP(C)(O)(O)O)=N/C1=C/c1[nH]c(C)cc1C. The minimum atomic E-state index is -5.34. The number of H-pyrrole nitrogens is 1. The second kappa shape index (κ2) is 10.6. The number of para-hydroxylation sites is 1. The summed E-state index contributed by atoms with van der Waals surface area (Å²) in [6.45, 7) is 10.5. The van der Waals surface area contributed by atoms with E-state index in [1.54, 1.807) is 23.8 Å². The summed E-state index contributed by atoms with van der Waals surface area (Å²) in [6.07, 6.45) is 3.82. The van der Waals surface area contributed by atoms with Gasteiger partial charge in [0.15, 0.2) is 0 Å². The summed E-state index contributed by atoms with van der Waals surface area (Å²) in [7, 11) is -3.74. The van der Waals surface area contributed by atoms with E-state index in [0.29, 0.717) is 28.4 Å². The van der Waals surface area contributed by atoms with Gasteiger partial charge in [-0.3, -0.25) is 0 Å². The standard InChI is InChI=1S/C33H38N3O6P/c1-20-11-10-14-29(42-43(7,38,39)40)32(20)33(4,5)19-31(37)36-27-13-9-8-12-23(27)16-28(36)25-18-30(41-6)26(35-25)17-24-21(2)15-22(3)34-24/h8-18,34,38-40H,19H2,1-7H3/b26-17+. The molecule has 0 spiro atoms. The van der Waals surface area contributed by atoms with Gasteiger partial charge < -0.3 is 4.98 Å². The summed E-state index contributed by atoms with van der Waals surface area (Å²) in [5, 5.41) is 0.885. The number of aryl methyl sites for hydroxylation is 3. The molecule has 0 saturated heterocycles. The van der Waals surface area contributed by atoms with Gasteiger partial charge in [0.1, 0.15) is 0 Å². The molecule has 0 radical (unpaired) electrons. The molecule has 5 rings (SSSR count). The van der Waals surface area contributed by atoms with Gasteiger partial charge in [-0.1, -0.05) is 0 Å². The van der Waals surface area contributed by atoms with Crippen molar-refractivity contribution in [2.75, 3.05) is 13.8 Å². The predicted molar refractivity (Wildman–Crippen MR) is 171 cm³/mol. The third-order valence-electron chi connectivity index (χ3n) is 7.49. The van der Waals surface area contributed by atoms with Gasteiger partial charge in [-0.2, -0.15) is 0 Å². The molecule has 1 aliphatic rings. The number of carbonyl (C=O) groups is 1. The maximum absolute atomic E-state index is 14.3. The molecular weight excluding hydrogens is 565 g/mol. The van der Waals surface area contributed by atoms with Crippen LogP contribution in [-0.2, 0) is 10.2 Å². The normalized spacial score (nSPS) is 15.8.